The molecular weight excluding hydrogens is 202 g/mol. The molecule has 0 aliphatic heterocycles. The van der Waals surface area contributed by atoms with E-state index in [1.54, 1.807) is 7.11 Å². The van der Waals surface area contributed by atoms with Crippen LogP contribution in [0.5, 0.6) is 0 Å². The minimum Gasteiger partial charge on any atom is -0.385 e. The Balaban J connectivity index is 2.99. The van der Waals surface area contributed by atoms with E-state index >= 15 is 0 Å². The summed E-state index contributed by atoms with van der Waals surface area (Å²) in [6, 6.07) is 0. The predicted octanol–water partition coefficient (Wildman–Crippen LogP) is 2.60. The molecule has 0 bridgehead atoms. The van der Waals surface area contributed by atoms with Crippen molar-refractivity contribution >= 4 is 0 Å². The van der Waals surface area contributed by atoms with Gasteiger partial charge in [-0.15, -0.1) is 0 Å². The van der Waals surface area contributed by atoms with E-state index in [0.717, 1.165) is 45.6 Å². The van der Waals surface area contributed by atoms with Crippen LogP contribution in [0, 0.1) is 0 Å². The van der Waals surface area contributed by atoms with Gasteiger partial charge in [-0.25, -0.2) is 0 Å². The standard InChI is InChI=1S/C13H29NO2/c1-13(2,3)14-9-5-6-11-16-12-8-7-10-15-4/h14H,5-12H2,1-4H3. The number of ether oxygens (including phenoxy) is 2. The number of unbranched alkanes of at least 4 members (excludes halogenated alkanes) is 2. The maximum Gasteiger partial charge on any atom is 0.0466 e. The molecule has 0 unspecified atom stereocenters. The SMILES string of the molecule is COCCCCOCCCCNC(C)(C)C. The fraction of sp³-hybridized carbons (Fsp3) is 1.00. The van der Waals surface area contributed by atoms with Crippen molar-refractivity contribution in [3.63, 3.8) is 0 Å². The molecule has 0 rings (SSSR count). The molecule has 0 aromatic heterocycles. The molecular formula is C13H29NO2. The van der Waals surface area contributed by atoms with Crippen molar-refractivity contribution in [1.29, 1.82) is 0 Å². The molecule has 0 atom stereocenters. The van der Waals surface area contributed by atoms with Crippen LogP contribution in [0.3, 0.4) is 0 Å². The summed E-state index contributed by atoms with van der Waals surface area (Å²) in [4.78, 5) is 0. The van der Waals surface area contributed by atoms with Crippen LogP contribution in [0.15, 0.2) is 0 Å². The largest absolute Gasteiger partial charge is 0.385 e. The van der Waals surface area contributed by atoms with Crippen molar-refractivity contribution < 1.29 is 9.47 Å². The Bertz CT molecular complexity index is 143. The summed E-state index contributed by atoms with van der Waals surface area (Å²) in [6.07, 6.45) is 4.54. The van der Waals surface area contributed by atoms with Crippen molar-refractivity contribution in [1.82, 2.24) is 5.32 Å². The van der Waals surface area contributed by atoms with E-state index in [2.05, 4.69) is 26.1 Å². The van der Waals surface area contributed by atoms with Gasteiger partial charge >= 0.3 is 0 Å². The highest BCUT2D eigenvalue weighted by Crippen LogP contribution is 1.99. The van der Waals surface area contributed by atoms with Gasteiger partial charge in [0, 0.05) is 32.5 Å². The van der Waals surface area contributed by atoms with Crippen LogP contribution in [-0.4, -0.2) is 39.0 Å². The lowest BCUT2D eigenvalue weighted by atomic mass is 10.1. The van der Waals surface area contributed by atoms with Crippen LogP contribution in [0.2, 0.25) is 0 Å². The van der Waals surface area contributed by atoms with Crippen LogP contribution in [0.1, 0.15) is 46.5 Å². The number of nitrogens with one attached hydrogen (secondary N) is 1. The van der Waals surface area contributed by atoms with Gasteiger partial charge in [-0.05, 0) is 53.0 Å². The summed E-state index contributed by atoms with van der Waals surface area (Å²) >= 11 is 0. The van der Waals surface area contributed by atoms with E-state index in [0.29, 0.717) is 0 Å². The fourth-order valence-electron chi connectivity index (χ4n) is 1.35. The molecule has 0 aromatic rings. The van der Waals surface area contributed by atoms with Gasteiger partial charge in [0.15, 0.2) is 0 Å². The first-order valence-corrected chi connectivity index (χ1v) is 6.38. The number of rotatable bonds is 10. The second kappa shape index (κ2) is 10.1. The summed E-state index contributed by atoms with van der Waals surface area (Å²) in [5, 5.41) is 3.47. The smallest absolute Gasteiger partial charge is 0.0466 e. The lowest BCUT2D eigenvalue weighted by molar-refractivity contribution is 0.116. The van der Waals surface area contributed by atoms with Gasteiger partial charge in [0.2, 0.25) is 0 Å². The third-order valence-electron chi connectivity index (χ3n) is 2.26. The molecule has 98 valence electrons. The molecule has 0 aromatic carbocycles. The van der Waals surface area contributed by atoms with Crippen molar-refractivity contribution in [3.05, 3.63) is 0 Å². The Kier molecular flexibility index (Phi) is 9.99. The first kappa shape index (κ1) is 15.9. The Morgan fingerprint density at radius 2 is 1.44 bits per heavy atom. The highest BCUT2D eigenvalue weighted by atomic mass is 16.5. The normalized spacial score (nSPS) is 12.0. The van der Waals surface area contributed by atoms with E-state index in [1.807, 2.05) is 0 Å². The minimum absolute atomic E-state index is 0.237. The molecule has 0 amide bonds. The second-order valence-corrected chi connectivity index (χ2v) is 5.20. The van der Waals surface area contributed by atoms with Crippen molar-refractivity contribution in [3.8, 4) is 0 Å². The Morgan fingerprint density at radius 1 is 0.875 bits per heavy atom. The van der Waals surface area contributed by atoms with Crippen LogP contribution in [0.4, 0.5) is 0 Å². The van der Waals surface area contributed by atoms with Crippen molar-refractivity contribution in [2.75, 3.05) is 33.5 Å². The average molecular weight is 231 g/mol. The number of methoxy groups -OCH3 is 1. The van der Waals surface area contributed by atoms with E-state index in [1.165, 1.54) is 6.42 Å². The molecule has 0 radical (unpaired) electrons. The molecule has 0 heterocycles. The molecule has 1 N–H and O–H groups in total. The quantitative estimate of drug-likeness (QED) is 0.586. The van der Waals surface area contributed by atoms with E-state index < -0.39 is 0 Å². The van der Waals surface area contributed by atoms with E-state index in [4.69, 9.17) is 9.47 Å². The molecule has 3 heteroatoms. The number of hydrogen-bond acceptors (Lipinski definition) is 3. The zero-order valence-electron chi connectivity index (χ0n) is 11.5. The summed E-state index contributed by atoms with van der Waals surface area (Å²) in [5.74, 6) is 0. The van der Waals surface area contributed by atoms with Gasteiger partial charge in [0.1, 0.15) is 0 Å². The average Bonchev–Trinajstić information content (AvgIpc) is 2.19. The van der Waals surface area contributed by atoms with Gasteiger partial charge < -0.3 is 14.8 Å². The van der Waals surface area contributed by atoms with Crippen LogP contribution in [0.25, 0.3) is 0 Å². The number of hydrogen-bond donors (Lipinski definition) is 1. The summed E-state index contributed by atoms with van der Waals surface area (Å²) in [7, 11) is 1.74. The molecule has 0 saturated carbocycles. The van der Waals surface area contributed by atoms with Crippen molar-refractivity contribution in [2.45, 2.75) is 52.0 Å². The van der Waals surface area contributed by atoms with Gasteiger partial charge in [0.05, 0.1) is 0 Å². The lowest BCUT2D eigenvalue weighted by Crippen LogP contribution is -2.36. The highest BCUT2D eigenvalue weighted by Gasteiger charge is 2.06. The summed E-state index contributed by atoms with van der Waals surface area (Å²) in [5.41, 5.74) is 0.237. The third-order valence-corrected chi connectivity index (χ3v) is 2.26. The van der Waals surface area contributed by atoms with E-state index in [9.17, 15) is 0 Å². The third kappa shape index (κ3) is 13.9. The molecule has 0 fully saturated rings. The Labute approximate surface area is 101 Å². The molecule has 0 aliphatic carbocycles. The Hall–Kier alpha value is -0.120. The first-order chi connectivity index (χ1) is 7.56. The second-order valence-electron chi connectivity index (χ2n) is 5.20. The van der Waals surface area contributed by atoms with Crippen LogP contribution >= 0.6 is 0 Å². The molecule has 3 nitrogen and oxygen atoms in total. The first-order valence-electron chi connectivity index (χ1n) is 6.38. The maximum absolute atomic E-state index is 5.53. The van der Waals surface area contributed by atoms with Crippen molar-refractivity contribution in [2.24, 2.45) is 0 Å². The van der Waals surface area contributed by atoms with Gasteiger partial charge in [0.25, 0.3) is 0 Å². The molecule has 16 heavy (non-hydrogen) atoms. The lowest BCUT2D eigenvalue weighted by Gasteiger charge is -2.20. The van der Waals surface area contributed by atoms with Gasteiger partial charge in [-0.2, -0.15) is 0 Å². The highest BCUT2D eigenvalue weighted by molar-refractivity contribution is 4.69. The summed E-state index contributed by atoms with van der Waals surface area (Å²) in [6.45, 7) is 10.3. The predicted molar refractivity (Wildman–Crippen MR) is 68.9 cm³/mol. The maximum atomic E-state index is 5.53. The topological polar surface area (TPSA) is 30.5 Å². The summed E-state index contributed by atoms with van der Waals surface area (Å²) < 4.78 is 10.5. The minimum atomic E-state index is 0.237. The molecule has 0 aliphatic rings. The zero-order chi connectivity index (χ0) is 12.3. The monoisotopic (exact) mass is 231 g/mol. The van der Waals surface area contributed by atoms with E-state index in [-0.39, 0.29) is 5.54 Å². The Morgan fingerprint density at radius 3 is 2.00 bits per heavy atom. The van der Waals surface area contributed by atoms with Crippen LogP contribution in [-0.2, 0) is 9.47 Å². The van der Waals surface area contributed by atoms with Gasteiger partial charge in [-0.3, -0.25) is 0 Å². The molecule has 0 saturated heterocycles. The van der Waals surface area contributed by atoms with Gasteiger partial charge in [-0.1, -0.05) is 0 Å². The molecule has 0 spiro atoms. The van der Waals surface area contributed by atoms with Crippen LogP contribution < -0.4 is 5.32 Å². The zero-order valence-corrected chi connectivity index (χ0v) is 11.5. The fourth-order valence-corrected chi connectivity index (χ4v) is 1.35.